The van der Waals surface area contributed by atoms with E-state index in [1.54, 1.807) is 0 Å². The Morgan fingerprint density at radius 3 is 2.17 bits per heavy atom. The van der Waals surface area contributed by atoms with E-state index in [-0.39, 0.29) is 5.91 Å². The van der Waals surface area contributed by atoms with Crippen LogP contribution in [0.15, 0.2) is 30.8 Å². The summed E-state index contributed by atoms with van der Waals surface area (Å²) < 4.78 is 0. The summed E-state index contributed by atoms with van der Waals surface area (Å²) in [5.74, 6) is 0.0939. The lowest BCUT2D eigenvalue weighted by molar-refractivity contribution is -0.137. The highest BCUT2D eigenvalue weighted by Gasteiger charge is 2.42. The molecule has 0 atom stereocenters. The molecule has 0 radical (unpaired) electrons. The zero-order chi connectivity index (χ0) is 16.4. The Labute approximate surface area is 140 Å². The molecule has 0 spiro atoms. The molecule has 1 aromatic rings. The fraction of sp³-hybridized carbons (Fsp3) is 0.550. The molecule has 3 heteroatoms. The van der Waals surface area contributed by atoms with Crippen molar-refractivity contribution in [3.05, 3.63) is 36.4 Å². The number of hydrogen-bond acceptors (Lipinski definition) is 2. The third kappa shape index (κ3) is 3.01. The first kappa shape index (κ1) is 16.1. The molecule has 1 aromatic carbocycles. The van der Waals surface area contributed by atoms with E-state index >= 15 is 0 Å². The fourth-order valence-corrected chi connectivity index (χ4v) is 3.77. The number of hydrogen-bond donors (Lipinski definition) is 0. The average molecular weight is 312 g/mol. The predicted octanol–water partition coefficient (Wildman–Crippen LogP) is 3.95. The molecule has 0 saturated carbocycles. The van der Waals surface area contributed by atoms with Crippen LogP contribution in [0.5, 0.6) is 0 Å². The van der Waals surface area contributed by atoms with Crippen molar-refractivity contribution >= 4 is 17.2 Å². The van der Waals surface area contributed by atoms with Gasteiger partial charge in [0.05, 0.1) is 0 Å². The fourth-order valence-electron chi connectivity index (χ4n) is 3.77. The van der Waals surface area contributed by atoms with E-state index in [0.717, 1.165) is 44.6 Å². The standard InChI is InChI=1S/C20H28N2O/c1-4-20(5-2)14-22(15-20)19(23)16(3)17-8-10-18(11-9-17)21-12-6-7-13-21/h8-11H,3-7,12-15H2,1-2H3. The van der Waals surface area contributed by atoms with E-state index in [2.05, 4.69) is 37.5 Å². The van der Waals surface area contributed by atoms with Gasteiger partial charge in [-0.3, -0.25) is 4.79 Å². The number of rotatable bonds is 5. The molecule has 2 saturated heterocycles. The van der Waals surface area contributed by atoms with Crippen LogP contribution in [-0.2, 0) is 4.79 Å². The van der Waals surface area contributed by atoms with Gasteiger partial charge >= 0.3 is 0 Å². The van der Waals surface area contributed by atoms with Gasteiger partial charge in [0.25, 0.3) is 5.91 Å². The van der Waals surface area contributed by atoms with Crippen LogP contribution in [0.1, 0.15) is 45.1 Å². The molecule has 0 unspecified atom stereocenters. The Morgan fingerprint density at radius 1 is 1.09 bits per heavy atom. The van der Waals surface area contributed by atoms with E-state index in [4.69, 9.17) is 0 Å². The first-order chi connectivity index (χ1) is 11.1. The summed E-state index contributed by atoms with van der Waals surface area (Å²) in [5, 5.41) is 0. The van der Waals surface area contributed by atoms with Crippen LogP contribution < -0.4 is 4.90 Å². The number of amides is 1. The van der Waals surface area contributed by atoms with E-state index < -0.39 is 0 Å². The highest BCUT2D eigenvalue weighted by Crippen LogP contribution is 2.38. The van der Waals surface area contributed by atoms with E-state index in [0.29, 0.717) is 11.0 Å². The van der Waals surface area contributed by atoms with Gasteiger partial charge in [-0.15, -0.1) is 0 Å². The average Bonchev–Trinajstić information content (AvgIpc) is 3.08. The van der Waals surface area contributed by atoms with Gasteiger partial charge in [-0.25, -0.2) is 0 Å². The van der Waals surface area contributed by atoms with E-state index in [9.17, 15) is 4.79 Å². The quantitative estimate of drug-likeness (QED) is 0.769. The molecular formula is C20H28N2O. The molecule has 0 aliphatic carbocycles. The topological polar surface area (TPSA) is 23.6 Å². The minimum atomic E-state index is 0.0939. The maximum absolute atomic E-state index is 12.6. The van der Waals surface area contributed by atoms with Crippen molar-refractivity contribution in [3.8, 4) is 0 Å². The van der Waals surface area contributed by atoms with Crippen LogP contribution in [0.4, 0.5) is 5.69 Å². The number of anilines is 1. The van der Waals surface area contributed by atoms with Gasteiger partial charge in [-0.1, -0.05) is 32.6 Å². The van der Waals surface area contributed by atoms with Crippen molar-refractivity contribution in [3.63, 3.8) is 0 Å². The minimum absolute atomic E-state index is 0.0939. The number of nitrogens with zero attached hydrogens (tertiary/aromatic N) is 2. The third-order valence-corrected chi connectivity index (χ3v) is 5.78. The van der Waals surface area contributed by atoms with Crippen molar-refractivity contribution in [2.45, 2.75) is 39.5 Å². The van der Waals surface area contributed by atoms with Gasteiger partial charge in [-0.2, -0.15) is 0 Å². The number of benzene rings is 1. The van der Waals surface area contributed by atoms with Gasteiger partial charge in [0.15, 0.2) is 0 Å². The summed E-state index contributed by atoms with van der Waals surface area (Å²) in [4.78, 5) is 17.0. The van der Waals surface area contributed by atoms with Crippen LogP contribution in [0, 0.1) is 5.41 Å². The summed E-state index contributed by atoms with van der Waals surface area (Å²) in [6.45, 7) is 12.5. The molecular weight excluding hydrogens is 284 g/mol. The molecule has 2 aliphatic heterocycles. The first-order valence-corrected chi connectivity index (χ1v) is 8.92. The summed E-state index contributed by atoms with van der Waals surface area (Å²) in [5.41, 5.74) is 3.17. The van der Waals surface area contributed by atoms with Gasteiger partial charge in [0, 0.05) is 42.9 Å². The summed E-state index contributed by atoms with van der Waals surface area (Å²) in [6, 6.07) is 8.33. The molecule has 124 valence electrons. The van der Waals surface area contributed by atoms with Crippen molar-refractivity contribution in [2.75, 3.05) is 31.1 Å². The van der Waals surface area contributed by atoms with Gasteiger partial charge in [0.1, 0.15) is 0 Å². The van der Waals surface area contributed by atoms with Crippen molar-refractivity contribution in [2.24, 2.45) is 5.41 Å². The van der Waals surface area contributed by atoms with E-state index in [1.165, 1.54) is 18.5 Å². The van der Waals surface area contributed by atoms with Crippen LogP contribution in [0.3, 0.4) is 0 Å². The Kier molecular flexibility index (Phi) is 4.47. The zero-order valence-corrected chi connectivity index (χ0v) is 14.5. The highest BCUT2D eigenvalue weighted by atomic mass is 16.2. The molecule has 0 aromatic heterocycles. The van der Waals surface area contributed by atoms with Crippen LogP contribution in [0.2, 0.25) is 0 Å². The van der Waals surface area contributed by atoms with Crippen molar-refractivity contribution < 1.29 is 4.79 Å². The smallest absolute Gasteiger partial charge is 0.253 e. The molecule has 2 fully saturated rings. The van der Waals surface area contributed by atoms with Gasteiger partial charge in [0.2, 0.25) is 0 Å². The van der Waals surface area contributed by atoms with E-state index in [1.807, 2.05) is 17.0 Å². The molecule has 2 heterocycles. The van der Waals surface area contributed by atoms with Gasteiger partial charge in [-0.05, 0) is 43.4 Å². The molecule has 0 N–H and O–H groups in total. The second-order valence-corrected chi connectivity index (χ2v) is 7.09. The lowest BCUT2D eigenvalue weighted by Crippen LogP contribution is -2.57. The largest absolute Gasteiger partial charge is 0.372 e. The lowest BCUT2D eigenvalue weighted by atomic mass is 9.75. The van der Waals surface area contributed by atoms with Crippen LogP contribution in [0.25, 0.3) is 5.57 Å². The monoisotopic (exact) mass is 312 g/mol. The summed E-state index contributed by atoms with van der Waals surface area (Å²) in [6.07, 6.45) is 4.84. The molecule has 2 aliphatic rings. The molecule has 1 amide bonds. The Hall–Kier alpha value is -1.77. The van der Waals surface area contributed by atoms with Crippen LogP contribution >= 0.6 is 0 Å². The lowest BCUT2D eigenvalue weighted by Gasteiger charge is -2.50. The minimum Gasteiger partial charge on any atom is -0.372 e. The zero-order valence-electron chi connectivity index (χ0n) is 14.5. The molecule has 23 heavy (non-hydrogen) atoms. The highest BCUT2D eigenvalue weighted by molar-refractivity contribution is 6.19. The van der Waals surface area contributed by atoms with Crippen molar-refractivity contribution in [1.82, 2.24) is 4.90 Å². The third-order valence-electron chi connectivity index (χ3n) is 5.78. The van der Waals surface area contributed by atoms with Crippen molar-refractivity contribution in [1.29, 1.82) is 0 Å². The summed E-state index contributed by atoms with van der Waals surface area (Å²) >= 11 is 0. The number of likely N-dealkylation sites (tertiary alicyclic amines) is 1. The maximum atomic E-state index is 12.6. The second-order valence-electron chi connectivity index (χ2n) is 7.09. The second kappa shape index (κ2) is 6.38. The maximum Gasteiger partial charge on any atom is 0.253 e. The molecule has 3 rings (SSSR count). The predicted molar refractivity (Wildman–Crippen MR) is 96.5 cm³/mol. The van der Waals surface area contributed by atoms with Crippen LogP contribution in [-0.4, -0.2) is 37.0 Å². The Bertz CT molecular complexity index is 572. The Morgan fingerprint density at radius 2 is 1.65 bits per heavy atom. The normalized spacial score (nSPS) is 19.6. The molecule has 0 bridgehead atoms. The first-order valence-electron chi connectivity index (χ1n) is 8.92. The van der Waals surface area contributed by atoms with Gasteiger partial charge < -0.3 is 9.80 Å². The number of carbonyl (C=O) groups is 1. The number of carbonyl (C=O) groups excluding carboxylic acids is 1. The SMILES string of the molecule is C=C(C(=O)N1CC(CC)(CC)C1)c1ccc(N2CCCC2)cc1. The molecule has 3 nitrogen and oxygen atoms in total. The Balaban J connectivity index is 1.63. The summed E-state index contributed by atoms with van der Waals surface area (Å²) in [7, 11) is 0.